The number of nitrogens with two attached hydrogens (primary N) is 1. The van der Waals surface area contributed by atoms with Crippen LogP contribution in [0, 0.1) is 5.82 Å². The second-order valence-electron chi connectivity index (χ2n) is 4.76. The van der Waals surface area contributed by atoms with Crippen molar-refractivity contribution in [3.8, 4) is 0 Å². The fraction of sp³-hybridized carbons (Fsp3) is 0.0588. The summed E-state index contributed by atoms with van der Waals surface area (Å²) in [5.74, 6) is -0.394. The molecule has 3 heteroatoms. The van der Waals surface area contributed by atoms with E-state index in [1.807, 2.05) is 42.3 Å². The highest BCUT2D eigenvalue weighted by Crippen LogP contribution is 2.31. The number of halogens is 1. The van der Waals surface area contributed by atoms with Gasteiger partial charge in [-0.2, -0.15) is 0 Å². The average Bonchev–Trinajstić information content (AvgIpc) is 2.49. The standard InChI is InChI=1S/C17H15FN2/c1-20(13-9-10-16(19)15(18)11-13)17-8-4-6-12-5-2-3-7-14(12)17/h2-11H,19H2,1H3. The smallest absolute Gasteiger partial charge is 0.148 e. The van der Waals surface area contributed by atoms with Crippen molar-refractivity contribution in [2.75, 3.05) is 17.7 Å². The van der Waals surface area contributed by atoms with Gasteiger partial charge in [-0.25, -0.2) is 4.39 Å². The lowest BCUT2D eigenvalue weighted by molar-refractivity contribution is 0.632. The van der Waals surface area contributed by atoms with E-state index in [2.05, 4.69) is 18.2 Å². The van der Waals surface area contributed by atoms with Crippen LogP contribution in [-0.4, -0.2) is 7.05 Å². The fourth-order valence-electron chi connectivity index (χ4n) is 2.36. The van der Waals surface area contributed by atoms with E-state index in [1.54, 1.807) is 6.07 Å². The van der Waals surface area contributed by atoms with Crippen LogP contribution in [0.15, 0.2) is 60.7 Å². The van der Waals surface area contributed by atoms with Gasteiger partial charge < -0.3 is 10.6 Å². The van der Waals surface area contributed by atoms with E-state index in [9.17, 15) is 4.39 Å². The molecule has 0 aliphatic rings. The number of anilines is 3. The molecule has 2 nitrogen and oxygen atoms in total. The summed E-state index contributed by atoms with van der Waals surface area (Å²) < 4.78 is 13.6. The summed E-state index contributed by atoms with van der Waals surface area (Å²) in [6.07, 6.45) is 0. The molecule has 0 amide bonds. The summed E-state index contributed by atoms with van der Waals surface area (Å²) >= 11 is 0. The van der Waals surface area contributed by atoms with Gasteiger partial charge in [-0.15, -0.1) is 0 Å². The molecule has 0 aliphatic carbocycles. The normalized spacial score (nSPS) is 10.7. The van der Waals surface area contributed by atoms with Gasteiger partial charge in [-0.05, 0) is 29.7 Å². The SMILES string of the molecule is CN(c1ccc(N)c(F)c1)c1cccc2ccccc12. The van der Waals surface area contributed by atoms with Gasteiger partial charge in [-0.1, -0.05) is 36.4 Å². The third-order valence-electron chi connectivity index (χ3n) is 3.50. The Balaban J connectivity index is 2.12. The van der Waals surface area contributed by atoms with Crippen molar-refractivity contribution in [2.24, 2.45) is 0 Å². The zero-order valence-electron chi connectivity index (χ0n) is 11.2. The molecule has 3 rings (SSSR count). The van der Waals surface area contributed by atoms with Crippen LogP contribution >= 0.6 is 0 Å². The average molecular weight is 266 g/mol. The summed E-state index contributed by atoms with van der Waals surface area (Å²) in [5.41, 5.74) is 7.50. The molecule has 0 atom stereocenters. The van der Waals surface area contributed by atoms with Gasteiger partial charge in [0.25, 0.3) is 0 Å². The topological polar surface area (TPSA) is 29.3 Å². The molecule has 0 aromatic heterocycles. The Morgan fingerprint density at radius 1 is 0.950 bits per heavy atom. The second kappa shape index (κ2) is 4.85. The van der Waals surface area contributed by atoms with E-state index in [1.165, 1.54) is 6.07 Å². The minimum atomic E-state index is -0.394. The van der Waals surface area contributed by atoms with Gasteiger partial charge in [0.1, 0.15) is 5.82 Å². The highest BCUT2D eigenvalue weighted by atomic mass is 19.1. The maximum atomic E-state index is 13.6. The highest BCUT2D eigenvalue weighted by molar-refractivity contribution is 5.95. The Bertz CT molecular complexity index is 763. The minimum absolute atomic E-state index is 0.167. The van der Waals surface area contributed by atoms with Crippen molar-refractivity contribution in [3.63, 3.8) is 0 Å². The first-order valence-electron chi connectivity index (χ1n) is 6.43. The first-order valence-corrected chi connectivity index (χ1v) is 6.43. The molecule has 0 aliphatic heterocycles. The monoisotopic (exact) mass is 266 g/mol. The third kappa shape index (κ3) is 2.07. The molecule has 100 valence electrons. The largest absolute Gasteiger partial charge is 0.396 e. The minimum Gasteiger partial charge on any atom is -0.396 e. The van der Waals surface area contributed by atoms with Crippen molar-refractivity contribution in [3.05, 3.63) is 66.5 Å². The quantitative estimate of drug-likeness (QED) is 0.699. The molecule has 0 saturated heterocycles. The number of nitrogen functional groups attached to an aromatic ring is 1. The lowest BCUT2D eigenvalue weighted by Gasteiger charge is -2.21. The van der Waals surface area contributed by atoms with Crippen LogP contribution < -0.4 is 10.6 Å². The Kier molecular flexibility index (Phi) is 3.03. The molecule has 0 saturated carbocycles. The van der Waals surface area contributed by atoms with Crippen LogP contribution in [0.3, 0.4) is 0 Å². The molecule has 2 N–H and O–H groups in total. The fourth-order valence-corrected chi connectivity index (χ4v) is 2.36. The molecule has 3 aromatic carbocycles. The number of fused-ring (bicyclic) bond motifs is 1. The van der Waals surface area contributed by atoms with Gasteiger partial charge >= 0.3 is 0 Å². The molecule has 0 spiro atoms. The predicted molar refractivity (Wildman–Crippen MR) is 82.8 cm³/mol. The van der Waals surface area contributed by atoms with Crippen LogP contribution in [0.1, 0.15) is 0 Å². The summed E-state index contributed by atoms with van der Waals surface area (Å²) in [6, 6.07) is 19.1. The summed E-state index contributed by atoms with van der Waals surface area (Å²) in [6.45, 7) is 0. The van der Waals surface area contributed by atoms with Crippen molar-refractivity contribution in [1.29, 1.82) is 0 Å². The molecular formula is C17H15FN2. The number of benzene rings is 3. The zero-order chi connectivity index (χ0) is 14.1. The number of rotatable bonds is 2. The molecule has 0 heterocycles. The Morgan fingerprint density at radius 2 is 1.70 bits per heavy atom. The van der Waals surface area contributed by atoms with Gasteiger partial charge in [0, 0.05) is 23.8 Å². The maximum Gasteiger partial charge on any atom is 0.148 e. The lowest BCUT2D eigenvalue weighted by Crippen LogP contribution is -2.10. The van der Waals surface area contributed by atoms with E-state index in [-0.39, 0.29) is 5.69 Å². The van der Waals surface area contributed by atoms with Crippen LogP contribution in [0.25, 0.3) is 10.8 Å². The first-order chi connectivity index (χ1) is 9.66. The van der Waals surface area contributed by atoms with Crippen molar-refractivity contribution in [2.45, 2.75) is 0 Å². The van der Waals surface area contributed by atoms with E-state index in [0.29, 0.717) is 0 Å². The van der Waals surface area contributed by atoms with Gasteiger partial charge in [-0.3, -0.25) is 0 Å². The van der Waals surface area contributed by atoms with Crippen molar-refractivity contribution >= 4 is 27.8 Å². The summed E-state index contributed by atoms with van der Waals surface area (Å²) in [7, 11) is 1.92. The van der Waals surface area contributed by atoms with E-state index < -0.39 is 5.82 Å². The van der Waals surface area contributed by atoms with Gasteiger partial charge in [0.05, 0.1) is 5.69 Å². The van der Waals surface area contributed by atoms with E-state index in [4.69, 9.17) is 5.73 Å². The maximum absolute atomic E-state index is 13.6. The van der Waals surface area contributed by atoms with Crippen molar-refractivity contribution in [1.82, 2.24) is 0 Å². The lowest BCUT2D eigenvalue weighted by atomic mass is 10.1. The Labute approximate surface area is 117 Å². The van der Waals surface area contributed by atoms with E-state index >= 15 is 0 Å². The zero-order valence-corrected chi connectivity index (χ0v) is 11.2. The first kappa shape index (κ1) is 12.5. The van der Waals surface area contributed by atoms with Crippen LogP contribution in [0.2, 0.25) is 0 Å². The molecule has 0 bridgehead atoms. The molecule has 0 unspecified atom stereocenters. The van der Waals surface area contributed by atoms with Crippen molar-refractivity contribution < 1.29 is 4.39 Å². The highest BCUT2D eigenvalue weighted by Gasteiger charge is 2.09. The summed E-state index contributed by atoms with van der Waals surface area (Å²) in [4.78, 5) is 1.96. The summed E-state index contributed by atoms with van der Waals surface area (Å²) in [5, 5.41) is 2.29. The third-order valence-corrected chi connectivity index (χ3v) is 3.50. The Morgan fingerprint density at radius 3 is 2.50 bits per heavy atom. The Hall–Kier alpha value is -2.55. The number of hydrogen-bond donors (Lipinski definition) is 1. The molecule has 20 heavy (non-hydrogen) atoms. The molecule has 0 fully saturated rings. The van der Waals surface area contributed by atoms with Gasteiger partial charge in [0.2, 0.25) is 0 Å². The predicted octanol–water partition coefficient (Wildman–Crippen LogP) is 4.33. The molecule has 0 radical (unpaired) electrons. The second-order valence-corrected chi connectivity index (χ2v) is 4.76. The van der Waals surface area contributed by atoms with E-state index in [0.717, 1.165) is 22.1 Å². The van der Waals surface area contributed by atoms with Crippen LogP contribution in [0.5, 0.6) is 0 Å². The van der Waals surface area contributed by atoms with Crippen LogP contribution in [-0.2, 0) is 0 Å². The van der Waals surface area contributed by atoms with Crippen LogP contribution in [0.4, 0.5) is 21.5 Å². The van der Waals surface area contributed by atoms with Gasteiger partial charge in [0.15, 0.2) is 0 Å². The number of hydrogen-bond acceptors (Lipinski definition) is 2. The molecule has 3 aromatic rings. The number of nitrogens with zero attached hydrogens (tertiary/aromatic N) is 1. The molecular weight excluding hydrogens is 251 g/mol.